The normalized spacial score (nSPS) is 10.9. The molecule has 0 bridgehead atoms. The van der Waals surface area contributed by atoms with E-state index in [2.05, 4.69) is 0 Å². The Morgan fingerprint density at radius 2 is 1.95 bits per heavy atom. The molecule has 0 aliphatic carbocycles. The number of carboxylic acids is 1. The van der Waals surface area contributed by atoms with Crippen molar-refractivity contribution in [2.24, 2.45) is 0 Å². The smallest absolute Gasteiger partial charge is 0.328 e. The van der Waals surface area contributed by atoms with Crippen LogP contribution in [0.2, 0.25) is 0 Å². The monoisotopic (exact) mass is 278 g/mol. The number of carboxylic acid groups (broad SMARTS) is 1. The van der Waals surface area contributed by atoms with Gasteiger partial charge >= 0.3 is 5.97 Å². The van der Waals surface area contributed by atoms with Crippen LogP contribution < -0.4 is 0 Å². The summed E-state index contributed by atoms with van der Waals surface area (Å²) in [6.07, 6.45) is 6.23. The van der Waals surface area contributed by atoms with Crippen molar-refractivity contribution in [1.82, 2.24) is 9.47 Å². The number of aliphatic carboxylic acids is 1. The summed E-state index contributed by atoms with van der Waals surface area (Å²) >= 11 is 0. The Kier molecular flexibility index (Phi) is 6.56. The van der Waals surface area contributed by atoms with E-state index in [1.807, 2.05) is 18.7 Å². The van der Waals surface area contributed by atoms with Gasteiger partial charge in [0, 0.05) is 31.1 Å². The molecule has 0 unspecified atom stereocenters. The topological polar surface area (TPSA) is 62.5 Å². The number of nitrogens with zero attached hydrogens (tertiary/aromatic N) is 2. The second-order valence-corrected chi connectivity index (χ2v) is 4.61. The van der Waals surface area contributed by atoms with Crippen LogP contribution in [0.1, 0.15) is 32.4 Å². The zero-order valence-corrected chi connectivity index (χ0v) is 12.1. The second-order valence-electron chi connectivity index (χ2n) is 4.61. The van der Waals surface area contributed by atoms with Crippen molar-refractivity contribution in [3.63, 3.8) is 0 Å². The van der Waals surface area contributed by atoms with E-state index in [0.717, 1.165) is 32.0 Å². The van der Waals surface area contributed by atoms with Gasteiger partial charge in [-0.25, -0.2) is 4.79 Å². The standard InChI is InChI=1S/C15H22N2O3/c1-3-9-16(10-4-2)14(18)12-17-11-5-6-13(17)7-8-15(19)20/h5-8,11H,3-4,9-10,12H2,1-2H3,(H,19,20)/b8-7+. The van der Waals surface area contributed by atoms with Crippen molar-refractivity contribution in [3.8, 4) is 0 Å². The fraction of sp³-hybridized carbons (Fsp3) is 0.467. The largest absolute Gasteiger partial charge is 0.478 e. The van der Waals surface area contributed by atoms with Crippen molar-refractivity contribution < 1.29 is 14.7 Å². The van der Waals surface area contributed by atoms with Crippen molar-refractivity contribution in [1.29, 1.82) is 0 Å². The van der Waals surface area contributed by atoms with E-state index in [9.17, 15) is 9.59 Å². The Labute approximate surface area is 119 Å². The summed E-state index contributed by atoms with van der Waals surface area (Å²) in [5, 5.41) is 8.64. The summed E-state index contributed by atoms with van der Waals surface area (Å²) in [5.41, 5.74) is 0.716. The first-order chi connectivity index (χ1) is 9.58. The first-order valence-corrected chi connectivity index (χ1v) is 6.92. The van der Waals surface area contributed by atoms with Crippen LogP contribution in [0.25, 0.3) is 6.08 Å². The molecule has 0 aliphatic rings. The Morgan fingerprint density at radius 1 is 1.30 bits per heavy atom. The summed E-state index contributed by atoms with van der Waals surface area (Å²) < 4.78 is 1.76. The van der Waals surface area contributed by atoms with Crippen LogP contribution in [-0.4, -0.2) is 39.5 Å². The molecule has 0 aromatic carbocycles. The van der Waals surface area contributed by atoms with Crippen LogP contribution in [0, 0.1) is 0 Å². The number of carbonyl (C=O) groups is 2. The predicted octanol–water partition coefficient (Wildman–Crippen LogP) is 2.23. The van der Waals surface area contributed by atoms with Crippen LogP contribution in [0.5, 0.6) is 0 Å². The van der Waals surface area contributed by atoms with E-state index in [1.54, 1.807) is 22.9 Å². The molecule has 1 aromatic heterocycles. The van der Waals surface area contributed by atoms with Crippen LogP contribution in [0.15, 0.2) is 24.4 Å². The van der Waals surface area contributed by atoms with E-state index in [-0.39, 0.29) is 12.5 Å². The molecule has 0 radical (unpaired) electrons. The van der Waals surface area contributed by atoms with E-state index >= 15 is 0 Å². The SMILES string of the molecule is CCCN(CCC)C(=O)Cn1cccc1/C=C/C(=O)O. The third-order valence-corrected chi connectivity index (χ3v) is 2.91. The summed E-state index contributed by atoms with van der Waals surface area (Å²) in [4.78, 5) is 24.6. The number of hydrogen-bond donors (Lipinski definition) is 1. The summed E-state index contributed by atoms with van der Waals surface area (Å²) in [6, 6.07) is 3.59. The minimum atomic E-state index is -0.998. The van der Waals surface area contributed by atoms with Gasteiger partial charge in [0.25, 0.3) is 0 Å². The molecule has 0 fully saturated rings. The molecule has 1 N–H and O–H groups in total. The van der Waals surface area contributed by atoms with E-state index in [1.165, 1.54) is 6.08 Å². The van der Waals surface area contributed by atoms with Gasteiger partial charge in [-0.15, -0.1) is 0 Å². The highest BCUT2D eigenvalue weighted by Crippen LogP contribution is 2.07. The zero-order chi connectivity index (χ0) is 15.0. The number of hydrogen-bond acceptors (Lipinski definition) is 2. The zero-order valence-electron chi connectivity index (χ0n) is 12.1. The van der Waals surface area contributed by atoms with Gasteiger partial charge in [0.15, 0.2) is 0 Å². The Balaban J connectivity index is 2.74. The molecule has 0 spiro atoms. The molecule has 110 valence electrons. The highest BCUT2D eigenvalue weighted by molar-refractivity contribution is 5.85. The van der Waals surface area contributed by atoms with Crippen LogP contribution >= 0.6 is 0 Å². The van der Waals surface area contributed by atoms with Crippen molar-refractivity contribution in [2.75, 3.05) is 13.1 Å². The van der Waals surface area contributed by atoms with Gasteiger partial charge in [0.1, 0.15) is 6.54 Å². The Hall–Kier alpha value is -2.04. The molecule has 1 heterocycles. The lowest BCUT2D eigenvalue weighted by Gasteiger charge is -2.22. The fourth-order valence-corrected chi connectivity index (χ4v) is 2.03. The lowest BCUT2D eigenvalue weighted by Crippen LogP contribution is -2.35. The Morgan fingerprint density at radius 3 is 2.50 bits per heavy atom. The molecule has 5 nitrogen and oxygen atoms in total. The third-order valence-electron chi connectivity index (χ3n) is 2.91. The van der Waals surface area contributed by atoms with Gasteiger partial charge in [-0.3, -0.25) is 4.79 Å². The maximum Gasteiger partial charge on any atom is 0.328 e. The molecule has 5 heteroatoms. The molecule has 0 atom stereocenters. The first-order valence-electron chi connectivity index (χ1n) is 6.92. The van der Waals surface area contributed by atoms with Crippen molar-refractivity contribution in [3.05, 3.63) is 30.1 Å². The number of aromatic nitrogens is 1. The second kappa shape index (κ2) is 8.19. The highest BCUT2D eigenvalue weighted by Gasteiger charge is 2.12. The van der Waals surface area contributed by atoms with Gasteiger partial charge in [0.2, 0.25) is 5.91 Å². The number of amides is 1. The third kappa shape index (κ3) is 4.91. The fourth-order valence-electron chi connectivity index (χ4n) is 2.03. The lowest BCUT2D eigenvalue weighted by molar-refractivity contribution is -0.132. The predicted molar refractivity (Wildman–Crippen MR) is 78.3 cm³/mol. The maximum atomic E-state index is 12.2. The van der Waals surface area contributed by atoms with Gasteiger partial charge in [0.05, 0.1) is 0 Å². The van der Waals surface area contributed by atoms with E-state index < -0.39 is 5.97 Å². The van der Waals surface area contributed by atoms with Crippen LogP contribution in [0.3, 0.4) is 0 Å². The lowest BCUT2D eigenvalue weighted by atomic mass is 10.3. The molecular formula is C15H22N2O3. The van der Waals surface area contributed by atoms with Gasteiger partial charge < -0.3 is 14.6 Å². The number of rotatable bonds is 8. The van der Waals surface area contributed by atoms with Gasteiger partial charge in [-0.1, -0.05) is 13.8 Å². The summed E-state index contributed by atoms with van der Waals surface area (Å²) in [7, 11) is 0. The van der Waals surface area contributed by atoms with Crippen molar-refractivity contribution >= 4 is 18.0 Å². The van der Waals surface area contributed by atoms with Gasteiger partial charge in [-0.05, 0) is 31.1 Å². The first kappa shape index (κ1) is 16.0. The molecule has 1 rings (SSSR count). The van der Waals surface area contributed by atoms with Gasteiger partial charge in [-0.2, -0.15) is 0 Å². The molecule has 20 heavy (non-hydrogen) atoms. The van der Waals surface area contributed by atoms with E-state index in [4.69, 9.17) is 5.11 Å². The maximum absolute atomic E-state index is 12.2. The molecule has 1 aromatic rings. The van der Waals surface area contributed by atoms with Crippen LogP contribution in [0.4, 0.5) is 0 Å². The molecular weight excluding hydrogens is 256 g/mol. The number of carbonyl (C=O) groups excluding carboxylic acids is 1. The molecule has 0 saturated carbocycles. The molecule has 1 amide bonds. The minimum absolute atomic E-state index is 0.0647. The minimum Gasteiger partial charge on any atom is -0.478 e. The molecule has 0 saturated heterocycles. The quantitative estimate of drug-likeness (QED) is 0.742. The van der Waals surface area contributed by atoms with Crippen LogP contribution in [-0.2, 0) is 16.1 Å². The highest BCUT2D eigenvalue weighted by atomic mass is 16.4. The van der Waals surface area contributed by atoms with E-state index in [0.29, 0.717) is 5.69 Å². The van der Waals surface area contributed by atoms with Crippen molar-refractivity contribution in [2.45, 2.75) is 33.2 Å². The average molecular weight is 278 g/mol. The summed E-state index contributed by atoms with van der Waals surface area (Å²) in [6.45, 7) is 5.86. The summed E-state index contributed by atoms with van der Waals surface area (Å²) in [5.74, 6) is -0.933. The average Bonchev–Trinajstić information content (AvgIpc) is 2.83. The molecule has 0 aliphatic heterocycles. The Bertz CT molecular complexity index is 471.